The van der Waals surface area contributed by atoms with E-state index in [0.717, 1.165) is 11.8 Å². The van der Waals surface area contributed by atoms with E-state index in [4.69, 9.17) is 31.5 Å². The molecule has 0 atom stereocenters. The summed E-state index contributed by atoms with van der Waals surface area (Å²) >= 11 is 6.55. The van der Waals surface area contributed by atoms with Gasteiger partial charge in [0.05, 0.1) is 10.6 Å². The van der Waals surface area contributed by atoms with E-state index in [1.54, 1.807) is 48.5 Å². The van der Waals surface area contributed by atoms with Crippen molar-refractivity contribution in [3.63, 3.8) is 0 Å². The number of benzene rings is 2. The summed E-state index contributed by atoms with van der Waals surface area (Å²) in [6.07, 6.45) is 1.64. The van der Waals surface area contributed by atoms with Crippen molar-refractivity contribution in [3.05, 3.63) is 52.9 Å². The van der Waals surface area contributed by atoms with Gasteiger partial charge >= 0.3 is 5.97 Å². The number of carbonyl (C=O) groups excluding carboxylic acids is 1. The Morgan fingerprint density at radius 3 is 2.86 bits per heavy atom. The smallest absolute Gasteiger partial charge is 0.341 e. The van der Waals surface area contributed by atoms with Crippen LogP contribution < -0.4 is 19.1 Å². The molecule has 2 aliphatic rings. The van der Waals surface area contributed by atoms with Crippen LogP contribution in [0.4, 0.5) is 5.69 Å². The lowest BCUT2D eigenvalue weighted by Gasteiger charge is -2.14. The van der Waals surface area contributed by atoms with Crippen LogP contribution in [0, 0.1) is 0 Å². The molecular weight excluding hydrogens is 402 g/mol. The highest BCUT2D eigenvalue weighted by molar-refractivity contribution is 8.27. The minimum atomic E-state index is -1.08. The number of anilines is 1. The lowest BCUT2D eigenvalue weighted by Crippen LogP contribution is -2.27. The highest BCUT2D eigenvalue weighted by Crippen LogP contribution is 2.41. The molecule has 0 unspecified atom stereocenters. The molecule has 142 valence electrons. The van der Waals surface area contributed by atoms with Crippen LogP contribution in [0.3, 0.4) is 0 Å². The molecule has 2 aromatic rings. The van der Waals surface area contributed by atoms with E-state index in [2.05, 4.69) is 0 Å². The summed E-state index contributed by atoms with van der Waals surface area (Å²) in [6, 6.07) is 12.1. The van der Waals surface area contributed by atoms with Crippen LogP contribution in [0.15, 0.2) is 47.4 Å². The van der Waals surface area contributed by atoms with Gasteiger partial charge in [-0.25, -0.2) is 4.79 Å². The molecule has 1 fully saturated rings. The predicted octanol–water partition coefficient (Wildman–Crippen LogP) is 3.28. The van der Waals surface area contributed by atoms with Gasteiger partial charge in [-0.2, -0.15) is 0 Å². The number of para-hydroxylation sites is 1. The summed E-state index contributed by atoms with van der Waals surface area (Å²) in [7, 11) is 0. The van der Waals surface area contributed by atoms with Gasteiger partial charge in [-0.15, -0.1) is 0 Å². The second kappa shape index (κ2) is 7.53. The lowest BCUT2D eigenvalue weighted by molar-refractivity contribution is -0.139. The summed E-state index contributed by atoms with van der Waals surface area (Å²) in [5.74, 6) is 0.196. The molecule has 1 amide bonds. The molecular formula is C19H13NO6S2. The number of hydrogen-bond donors (Lipinski definition) is 1. The Bertz CT molecular complexity index is 1020. The quantitative estimate of drug-likeness (QED) is 0.588. The molecule has 7 nitrogen and oxygen atoms in total. The highest BCUT2D eigenvalue weighted by atomic mass is 32.2. The fourth-order valence-electron chi connectivity index (χ4n) is 2.73. The zero-order chi connectivity index (χ0) is 19.7. The summed E-state index contributed by atoms with van der Waals surface area (Å²) in [6.45, 7) is -0.326. The van der Waals surface area contributed by atoms with Gasteiger partial charge in [0.15, 0.2) is 22.4 Å². The van der Waals surface area contributed by atoms with Crippen LogP contribution in [0.1, 0.15) is 5.56 Å². The van der Waals surface area contributed by atoms with Gasteiger partial charge in [-0.3, -0.25) is 9.69 Å². The largest absolute Gasteiger partial charge is 0.481 e. The maximum Gasteiger partial charge on any atom is 0.341 e. The summed E-state index contributed by atoms with van der Waals surface area (Å²) in [4.78, 5) is 25.5. The van der Waals surface area contributed by atoms with E-state index in [0.29, 0.717) is 37.7 Å². The first-order valence-corrected chi connectivity index (χ1v) is 9.36. The first-order chi connectivity index (χ1) is 13.5. The molecule has 2 aromatic carbocycles. The fraction of sp³-hybridized carbons (Fsp3) is 0.105. The molecule has 28 heavy (non-hydrogen) atoms. The molecule has 1 N–H and O–H groups in total. The molecule has 2 aliphatic heterocycles. The Morgan fingerprint density at radius 2 is 2.04 bits per heavy atom. The van der Waals surface area contributed by atoms with Crippen molar-refractivity contribution >= 4 is 51.9 Å². The van der Waals surface area contributed by atoms with E-state index in [-0.39, 0.29) is 12.7 Å². The lowest BCUT2D eigenvalue weighted by atomic mass is 10.2. The second-order valence-corrected chi connectivity index (χ2v) is 7.45. The molecule has 4 rings (SSSR count). The minimum absolute atomic E-state index is 0.143. The van der Waals surface area contributed by atoms with E-state index in [1.165, 1.54) is 4.90 Å². The number of aliphatic carboxylic acids is 1. The standard InChI is InChI=1S/C19H13NO6S2/c21-17(22)9-24-13-4-2-1-3-11(13)7-16-18(23)20(19(27)28-16)12-5-6-14-15(8-12)26-10-25-14/h1-8H,9-10H2,(H,21,22)/b16-7+. The number of thiocarbonyl (C=S) groups is 1. The van der Waals surface area contributed by atoms with Crippen molar-refractivity contribution in [2.45, 2.75) is 0 Å². The minimum Gasteiger partial charge on any atom is -0.481 e. The van der Waals surface area contributed by atoms with Crippen LogP contribution in [0.25, 0.3) is 6.08 Å². The number of hydrogen-bond acceptors (Lipinski definition) is 7. The average Bonchev–Trinajstić information content (AvgIpc) is 3.24. The molecule has 9 heteroatoms. The van der Waals surface area contributed by atoms with Crippen LogP contribution in [0.2, 0.25) is 0 Å². The maximum absolute atomic E-state index is 12.9. The highest BCUT2D eigenvalue weighted by Gasteiger charge is 2.34. The van der Waals surface area contributed by atoms with Gasteiger partial charge in [-0.1, -0.05) is 42.2 Å². The van der Waals surface area contributed by atoms with Crippen molar-refractivity contribution < 1.29 is 28.9 Å². The molecule has 0 aromatic heterocycles. The zero-order valence-corrected chi connectivity index (χ0v) is 15.9. The van der Waals surface area contributed by atoms with Gasteiger partial charge in [0.25, 0.3) is 5.91 Å². The first kappa shape index (κ1) is 18.3. The van der Waals surface area contributed by atoms with Crippen molar-refractivity contribution in [1.82, 2.24) is 0 Å². The topological polar surface area (TPSA) is 85.3 Å². The van der Waals surface area contributed by atoms with Crippen LogP contribution in [-0.2, 0) is 9.59 Å². The van der Waals surface area contributed by atoms with Gasteiger partial charge < -0.3 is 19.3 Å². The van der Waals surface area contributed by atoms with Crippen LogP contribution in [-0.4, -0.2) is 34.7 Å². The summed E-state index contributed by atoms with van der Waals surface area (Å²) in [5.41, 5.74) is 1.18. The Kier molecular flexibility index (Phi) is 4.93. The van der Waals surface area contributed by atoms with Gasteiger partial charge in [0.2, 0.25) is 6.79 Å². The number of thioether (sulfide) groups is 1. The predicted molar refractivity (Wildman–Crippen MR) is 108 cm³/mol. The van der Waals surface area contributed by atoms with Crippen molar-refractivity contribution in [2.75, 3.05) is 18.3 Å². The van der Waals surface area contributed by atoms with Gasteiger partial charge in [-0.05, 0) is 24.3 Å². The number of fused-ring (bicyclic) bond motifs is 1. The fourth-order valence-corrected chi connectivity index (χ4v) is 4.02. The number of ether oxygens (including phenoxy) is 3. The molecule has 2 heterocycles. The third-order valence-corrected chi connectivity index (χ3v) is 5.27. The molecule has 0 saturated carbocycles. The number of nitrogens with zero attached hydrogens (tertiary/aromatic N) is 1. The molecule has 0 radical (unpaired) electrons. The number of rotatable bonds is 5. The van der Waals surface area contributed by atoms with Gasteiger partial charge in [0, 0.05) is 11.6 Å². The van der Waals surface area contributed by atoms with Gasteiger partial charge in [0.1, 0.15) is 5.75 Å². The Hall–Kier alpha value is -3.04. The molecule has 0 spiro atoms. The number of carboxylic acid groups (broad SMARTS) is 1. The SMILES string of the molecule is O=C(O)COc1ccccc1/C=C1/SC(=S)N(c2ccc3c(c2)OCO3)C1=O. The Balaban J connectivity index is 1.62. The maximum atomic E-state index is 12.9. The zero-order valence-electron chi connectivity index (χ0n) is 14.3. The molecule has 0 aliphatic carbocycles. The van der Waals surface area contributed by atoms with Crippen molar-refractivity contribution in [3.8, 4) is 17.2 Å². The van der Waals surface area contributed by atoms with E-state index >= 15 is 0 Å². The number of amides is 1. The summed E-state index contributed by atoms with van der Waals surface area (Å²) < 4.78 is 16.3. The van der Waals surface area contributed by atoms with Crippen LogP contribution >= 0.6 is 24.0 Å². The third kappa shape index (κ3) is 3.54. The van der Waals surface area contributed by atoms with E-state index in [1.807, 2.05) is 0 Å². The number of carboxylic acids is 1. The second-order valence-electron chi connectivity index (χ2n) is 5.77. The van der Waals surface area contributed by atoms with E-state index < -0.39 is 12.6 Å². The van der Waals surface area contributed by atoms with Crippen molar-refractivity contribution in [2.24, 2.45) is 0 Å². The Morgan fingerprint density at radius 1 is 1.25 bits per heavy atom. The molecule has 0 bridgehead atoms. The Labute approximate surface area is 169 Å². The van der Waals surface area contributed by atoms with E-state index in [9.17, 15) is 9.59 Å². The third-order valence-electron chi connectivity index (χ3n) is 3.96. The summed E-state index contributed by atoms with van der Waals surface area (Å²) in [5, 5.41) is 8.81. The number of carbonyl (C=O) groups is 2. The van der Waals surface area contributed by atoms with Crippen molar-refractivity contribution in [1.29, 1.82) is 0 Å². The first-order valence-electron chi connectivity index (χ1n) is 8.14. The monoisotopic (exact) mass is 415 g/mol. The average molecular weight is 415 g/mol. The normalized spacial score (nSPS) is 16.7. The molecule has 1 saturated heterocycles. The van der Waals surface area contributed by atoms with Crippen LogP contribution in [0.5, 0.6) is 17.2 Å².